The number of carbonyl (C=O) groups excluding carboxylic acids is 1. The highest BCUT2D eigenvalue weighted by atomic mass is 16.5. The lowest BCUT2D eigenvalue weighted by Gasteiger charge is -2.16. The fourth-order valence-electron chi connectivity index (χ4n) is 3.28. The Labute approximate surface area is 148 Å². The lowest BCUT2D eigenvalue weighted by molar-refractivity contribution is -0.143. The van der Waals surface area contributed by atoms with Crippen LogP contribution in [0, 0.1) is 0 Å². The van der Waals surface area contributed by atoms with Gasteiger partial charge in [-0.05, 0) is 13.0 Å². The first-order valence-corrected chi connectivity index (χ1v) is 8.78. The molecule has 1 aliphatic heterocycles. The molecule has 1 aromatic carbocycles. The Balaban J connectivity index is 1.83. The first-order valence-electron chi connectivity index (χ1n) is 8.78. The van der Waals surface area contributed by atoms with Crippen molar-refractivity contribution in [2.45, 2.75) is 39.3 Å². The Kier molecular flexibility index (Phi) is 5.71. The number of esters is 1. The average Bonchev–Trinajstić information content (AvgIpc) is 2.99. The van der Waals surface area contributed by atoms with Crippen molar-refractivity contribution in [2.24, 2.45) is 0 Å². The third-order valence-corrected chi connectivity index (χ3v) is 4.47. The summed E-state index contributed by atoms with van der Waals surface area (Å²) in [5.41, 5.74) is 4.65. The van der Waals surface area contributed by atoms with Crippen LogP contribution in [0.1, 0.15) is 35.9 Å². The van der Waals surface area contributed by atoms with Crippen LogP contribution in [0.15, 0.2) is 24.3 Å². The summed E-state index contributed by atoms with van der Waals surface area (Å²) in [6.07, 6.45) is 2.00. The fourth-order valence-corrected chi connectivity index (χ4v) is 3.28. The third kappa shape index (κ3) is 4.02. The maximum absolute atomic E-state index is 11.7. The minimum absolute atomic E-state index is 0.174. The number of benzene rings is 1. The third-order valence-electron chi connectivity index (χ3n) is 4.47. The van der Waals surface area contributed by atoms with Crippen LogP contribution in [0.3, 0.4) is 0 Å². The summed E-state index contributed by atoms with van der Waals surface area (Å²) < 4.78 is 12.5. The molecule has 0 saturated heterocycles. The number of carbonyl (C=O) groups is 1. The van der Waals surface area contributed by atoms with Crippen molar-refractivity contribution >= 4 is 5.97 Å². The monoisotopic (exact) mass is 343 g/mol. The molecule has 1 aromatic heterocycles. The molecule has 0 unspecified atom stereocenters. The number of aromatic nitrogens is 2. The van der Waals surface area contributed by atoms with Gasteiger partial charge in [0.2, 0.25) is 0 Å². The summed E-state index contributed by atoms with van der Waals surface area (Å²) in [6, 6.07) is 8.02. The Hall–Kier alpha value is -2.34. The first kappa shape index (κ1) is 17.5. The Morgan fingerprint density at radius 2 is 2.20 bits per heavy atom. The summed E-state index contributed by atoms with van der Waals surface area (Å²) in [5, 5.41) is 8.23. The van der Waals surface area contributed by atoms with Gasteiger partial charge in [-0.25, -0.2) is 0 Å². The molecule has 2 heterocycles. The zero-order valence-corrected chi connectivity index (χ0v) is 14.9. The summed E-state index contributed by atoms with van der Waals surface area (Å²) in [6.45, 7) is 4.56. The SMILES string of the molecule is CCOC(=O)CCn1nc(Cc2ccccc2OC)c2c1CCNC2. The van der Waals surface area contributed by atoms with Crippen LogP contribution in [-0.2, 0) is 35.5 Å². The number of para-hydroxylation sites is 1. The number of hydrogen-bond donors (Lipinski definition) is 1. The van der Waals surface area contributed by atoms with Crippen LogP contribution < -0.4 is 10.1 Å². The zero-order valence-electron chi connectivity index (χ0n) is 14.9. The number of nitrogens with zero attached hydrogens (tertiary/aromatic N) is 2. The van der Waals surface area contributed by atoms with E-state index in [-0.39, 0.29) is 5.97 Å². The summed E-state index contributed by atoms with van der Waals surface area (Å²) in [5.74, 6) is 0.702. The maximum Gasteiger partial charge on any atom is 0.307 e. The van der Waals surface area contributed by atoms with E-state index in [0.29, 0.717) is 19.6 Å². The smallest absolute Gasteiger partial charge is 0.307 e. The molecule has 134 valence electrons. The number of methoxy groups -OCH3 is 1. The van der Waals surface area contributed by atoms with Crippen molar-refractivity contribution < 1.29 is 14.3 Å². The molecule has 1 N–H and O–H groups in total. The largest absolute Gasteiger partial charge is 0.496 e. The second kappa shape index (κ2) is 8.16. The van der Waals surface area contributed by atoms with Gasteiger partial charge in [0.25, 0.3) is 0 Å². The average molecular weight is 343 g/mol. The molecule has 0 bridgehead atoms. The minimum atomic E-state index is -0.174. The van der Waals surface area contributed by atoms with Gasteiger partial charge in [0.15, 0.2) is 0 Å². The van der Waals surface area contributed by atoms with Gasteiger partial charge >= 0.3 is 5.97 Å². The van der Waals surface area contributed by atoms with Crippen LogP contribution in [0.5, 0.6) is 5.75 Å². The highest BCUT2D eigenvalue weighted by Gasteiger charge is 2.21. The van der Waals surface area contributed by atoms with Gasteiger partial charge in [-0.2, -0.15) is 5.10 Å². The van der Waals surface area contributed by atoms with Crippen molar-refractivity contribution in [3.8, 4) is 5.75 Å². The van der Waals surface area contributed by atoms with E-state index in [4.69, 9.17) is 14.6 Å². The highest BCUT2D eigenvalue weighted by Crippen LogP contribution is 2.25. The van der Waals surface area contributed by atoms with Crippen LogP contribution >= 0.6 is 0 Å². The van der Waals surface area contributed by atoms with Crippen molar-refractivity contribution in [1.29, 1.82) is 0 Å². The predicted octanol–water partition coefficient (Wildman–Crippen LogP) is 2.08. The molecular formula is C19H25N3O3. The summed E-state index contributed by atoms with van der Waals surface area (Å²) in [7, 11) is 1.69. The molecule has 0 aliphatic carbocycles. The van der Waals surface area contributed by atoms with Crippen molar-refractivity contribution in [1.82, 2.24) is 15.1 Å². The quantitative estimate of drug-likeness (QED) is 0.780. The van der Waals surface area contributed by atoms with Crippen LogP contribution in [0.4, 0.5) is 0 Å². The molecule has 2 aromatic rings. The van der Waals surface area contributed by atoms with E-state index in [1.807, 2.05) is 29.8 Å². The molecule has 0 saturated carbocycles. The lowest BCUT2D eigenvalue weighted by Crippen LogP contribution is -2.25. The molecular weight excluding hydrogens is 318 g/mol. The van der Waals surface area contributed by atoms with Crippen LogP contribution in [0.25, 0.3) is 0 Å². The maximum atomic E-state index is 11.7. The fraction of sp³-hybridized carbons (Fsp3) is 0.474. The number of aryl methyl sites for hydroxylation is 1. The predicted molar refractivity (Wildman–Crippen MR) is 94.7 cm³/mol. The lowest BCUT2D eigenvalue weighted by atomic mass is 10.0. The molecule has 0 amide bonds. The number of nitrogens with one attached hydrogen (secondary N) is 1. The van der Waals surface area contributed by atoms with E-state index in [2.05, 4.69) is 11.4 Å². The number of rotatable bonds is 7. The topological polar surface area (TPSA) is 65.4 Å². The molecule has 1 aliphatic rings. The van der Waals surface area contributed by atoms with Gasteiger partial charge in [-0.3, -0.25) is 9.48 Å². The molecule has 6 heteroatoms. The van der Waals surface area contributed by atoms with E-state index in [1.165, 1.54) is 11.3 Å². The van der Waals surface area contributed by atoms with Gasteiger partial charge in [-0.1, -0.05) is 18.2 Å². The molecule has 0 spiro atoms. The van der Waals surface area contributed by atoms with Gasteiger partial charge in [0.1, 0.15) is 5.75 Å². The van der Waals surface area contributed by atoms with Gasteiger partial charge < -0.3 is 14.8 Å². The van der Waals surface area contributed by atoms with Gasteiger partial charge in [0, 0.05) is 42.8 Å². The Bertz CT molecular complexity index is 740. The molecule has 0 fully saturated rings. The van der Waals surface area contributed by atoms with E-state index >= 15 is 0 Å². The summed E-state index contributed by atoms with van der Waals surface area (Å²) >= 11 is 0. The normalized spacial score (nSPS) is 13.4. The van der Waals surface area contributed by atoms with Crippen LogP contribution in [0.2, 0.25) is 0 Å². The Morgan fingerprint density at radius 3 is 3.00 bits per heavy atom. The molecule has 0 atom stereocenters. The highest BCUT2D eigenvalue weighted by molar-refractivity contribution is 5.69. The molecule has 3 rings (SSSR count). The van der Waals surface area contributed by atoms with E-state index in [0.717, 1.165) is 42.9 Å². The number of hydrogen-bond acceptors (Lipinski definition) is 5. The van der Waals surface area contributed by atoms with E-state index in [1.54, 1.807) is 7.11 Å². The zero-order chi connectivity index (χ0) is 17.6. The standard InChI is InChI=1S/C19H25N3O3/c1-3-25-19(23)9-11-22-17-8-10-20-13-15(17)16(21-22)12-14-6-4-5-7-18(14)24-2/h4-7,20H,3,8-13H2,1-2H3. The van der Waals surface area contributed by atoms with E-state index in [9.17, 15) is 4.79 Å². The van der Waals surface area contributed by atoms with Crippen molar-refractivity contribution in [3.05, 3.63) is 46.8 Å². The molecule has 0 radical (unpaired) electrons. The summed E-state index contributed by atoms with van der Waals surface area (Å²) in [4.78, 5) is 11.7. The van der Waals surface area contributed by atoms with Crippen molar-refractivity contribution in [3.63, 3.8) is 0 Å². The Morgan fingerprint density at radius 1 is 1.36 bits per heavy atom. The molecule has 25 heavy (non-hydrogen) atoms. The van der Waals surface area contributed by atoms with Gasteiger partial charge in [0.05, 0.1) is 32.4 Å². The minimum Gasteiger partial charge on any atom is -0.496 e. The van der Waals surface area contributed by atoms with Gasteiger partial charge in [-0.15, -0.1) is 0 Å². The van der Waals surface area contributed by atoms with Crippen molar-refractivity contribution in [2.75, 3.05) is 20.3 Å². The second-order valence-electron chi connectivity index (χ2n) is 6.07. The number of ether oxygens (including phenoxy) is 2. The second-order valence-corrected chi connectivity index (χ2v) is 6.07. The first-order chi connectivity index (χ1) is 12.2. The molecule has 6 nitrogen and oxygen atoms in total. The van der Waals surface area contributed by atoms with Crippen LogP contribution in [-0.4, -0.2) is 36.0 Å². The number of fused-ring (bicyclic) bond motifs is 1. The van der Waals surface area contributed by atoms with E-state index < -0.39 is 0 Å².